The quantitative estimate of drug-likeness (QED) is 0.607. The number of aliphatic hydroxyl groups excluding tert-OH is 1. The summed E-state index contributed by atoms with van der Waals surface area (Å²) in [5, 5.41) is 12.8. The second-order valence-corrected chi connectivity index (χ2v) is 10.2. The third-order valence-corrected chi connectivity index (χ3v) is 6.92. The van der Waals surface area contributed by atoms with Gasteiger partial charge in [-0.15, -0.1) is 0 Å². The minimum Gasteiger partial charge on any atom is -0.488 e. The van der Waals surface area contributed by atoms with Gasteiger partial charge in [-0.1, -0.05) is 37.3 Å². The zero-order valence-corrected chi connectivity index (χ0v) is 20.9. The molecule has 1 saturated carbocycles. The third-order valence-electron chi connectivity index (χ3n) is 6.92. The topological polar surface area (TPSA) is 82.1 Å². The molecule has 2 aromatic rings. The number of hydrogen-bond acceptors (Lipinski definition) is 5. The monoisotopic (exact) mass is 479 g/mol. The summed E-state index contributed by atoms with van der Waals surface area (Å²) in [6.07, 6.45) is 1.87. The van der Waals surface area contributed by atoms with Gasteiger partial charge in [0.05, 0.1) is 19.1 Å². The highest BCUT2D eigenvalue weighted by Gasteiger charge is 2.32. The fourth-order valence-corrected chi connectivity index (χ4v) is 4.58. The first-order valence-electron chi connectivity index (χ1n) is 12.6. The van der Waals surface area contributed by atoms with Gasteiger partial charge in [0.15, 0.2) is 0 Å². The van der Waals surface area contributed by atoms with Gasteiger partial charge < -0.3 is 20.1 Å². The summed E-state index contributed by atoms with van der Waals surface area (Å²) in [6.45, 7) is 5.85. The Morgan fingerprint density at radius 3 is 2.66 bits per heavy atom. The average Bonchev–Trinajstić information content (AvgIpc) is 3.68. The summed E-state index contributed by atoms with van der Waals surface area (Å²) in [7, 11) is 2.08. The number of likely N-dealkylation sites (N-methyl/N-ethyl adjacent to an activating group) is 1. The van der Waals surface area contributed by atoms with Crippen LogP contribution in [0.25, 0.3) is 0 Å². The van der Waals surface area contributed by atoms with Crippen LogP contribution in [0.3, 0.4) is 0 Å². The van der Waals surface area contributed by atoms with Crippen molar-refractivity contribution in [2.75, 3.05) is 32.1 Å². The first-order valence-corrected chi connectivity index (χ1v) is 12.6. The Balaban J connectivity index is 1.58. The van der Waals surface area contributed by atoms with Crippen molar-refractivity contribution in [3.05, 3.63) is 59.7 Å². The smallest absolute Gasteiger partial charge is 0.227 e. The van der Waals surface area contributed by atoms with E-state index in [2.05, 4.69) is 36.3 Å². The highest BCUT2D eigenvalue weighted by Crippen LogP contribution is 2.32. The molecule has 7 heteroatoms. The normalized spacial score (nSPS) is 21.4. The number of benzene rings is 2. The summed E-state index contributed by atoms with van der Waals surface area (Å²) in [6, 6.07) is 15.6. The zero-order valence-electron chi connectivity index (χ0n) is 20.9. The molecular formula is C28H37N3O4. The summed E-state index contributed by atoms with van der Waals surface area (Å²) in [5.41, 5.74) is 2.67. The molecule has 1 fully saturated rings. The molecule has 0 spiro atoms. The van der Waals surface area contributed by atoms with E-state index in [0.717, 1.165) is 24.9 Å². The molecule has 2 aromatic carbocycles. The fraction of sp³-hybridized carbons (Fsp3) is 0.500. The van der Waals surface area contributed by atoms with Crippen molar-refractivity contribution in [3.63, 3.8) is 0 Å². The molecule has 1 aliphatic carbocycles. The fourth-order valence-electron chi connectivity index (χ4n) is 4.58. The van der Waals surface area contributed by atoms with Crippen LogP contribution >= 0.6 is 0 Å². The van der Waals surface area contributed by atoms with Crippen LogP contribution in [0, 0.1) is 11.8 Å². The van der Waals surface area contributed by atoms with Crippen molar-refractivity contribution in [2.45, 2.75) is 51.8 Å². The lowest BCUT2D eigenvalue weighted by molar-refractivity contribution is -0.134. The summed E-state index contributed by atoms with van der Waals surface area (Å²) in [4.78, 5) is 29.6. The van der Waals surface area contributed by atoms with Crippen LogP contribution < -0.4 is 10.1 Å². The van der Waals surface area contributed by atoms with E-state index in [1.165, 1.54) is 5.56 Å². The van der Waals surface area contributed by atoms with Gasteiger partial charge in [-0.2, -0.15) is 0 Å². The van der Waals surface area contributed by atoms with E-state index in [1.807, 2.05) is 43.3 Å². The number of aliphatic hydroxyl groups is 1. The Kier molecular flexibility index (Phi) is 8.08. The van der Waals surface area contributed by atoms with Gasteiger partial charge in [0, 0.05) is 42.7 Å². The van der Waals surface area contributed by atoms with E-state index in [4.69, 9.17) is 4.74 Å². The number of anilines is 1. The number of fused-ring (bicyclic) bond motifs is 1. The minimum absolute atomic E-state index is 0.0322. The molecule has 35 heavy (non-hydrogen) atoms. The molecule has 0 saturated heterocycles. The minimum atomic E-state index is -0.285. The summed E-state index contributed by atoms with van der Waals surface area (Å²) in [5.74, 6) is 0.805. The number of rotatable bonds is 8. The zero-order chi connectivity index (χ0) is 24.9. The van der Waals surface area contributed by atoms with Crippen molar-refractivity contribution < 1.29 is 19.4 Å². The van der Waals surface area contributed by atoms with Crippen LogP contribution in [0.5, 0.6) is 5.75 Å². The standard InChI is InChI=1S/C28H37N3O4/c1-19-15-31(20(2)18-32)27(33)14-23-13-24(29-28(34)22-9-10-22)11-12-25(23)35-26(19)17-30(3)16-21-7-5-4-6-8-21/h4-8,11-13,19-20,22,26,32H,9-10,14-18H2,1-3H3,(H,29,34)/t19-,20+,26+/m0/s1. The molecule has 0 bridgehead atoms. The molecule has 2 aliphatic rings. The van der Waals surface area contributed by atoms with Crippen LogP contribution in [-0.2, 0) is 22.6 Å². The largest absolute Gasteiger partial charge is 0.488 e. The van der Waals surface area contributed by atoms with E-state index in [1.54, 1.807) is 4.90 Å². The summed E-state index contributed by atoms with van der Waals surface area (Å²) >= 11 is 0. The molecule has 2 N–H and O–H groups in total. The van der Waals surface area contributed by atoms with E-state index in [9.17, 15) is 14.7 Å². The molecule has 1 aliphatic heterocycles. The van der Waals surface area contributed by atoms with Crippen molar-refractivity contribution in [2.24, 2.45) is 11.8 Å². The maximum atomic E-state index is 13.3. The van der Waals surface area contributed by atoms with Crippen LogP contribution in [-0.4, -0.2) is 65.6 Å². The maximum Gasteiger partial charge on any atom is 0.227 e. The molecule has 188 valence electrons. The van der Waals surface area contributed by atoms with E-state index >= 15 is 0 Å². The highest BCUT2D eigenvalue weighted by atomic mass is 16.5. The van der Waals surface area contributed by atoms with Crippen molar-refractivity contribution >= 4 is 17.5 Å². The van der Waals surface area contributed by atoms with Gasteiger partial charge in [0.25, 0.3) is 0 Å². The Bertz CT molecular complexity index is 1020. The van der Waals surface area contributed by atoms with Crippen molar-refractivity contribution in [1.82, 2.24) is 9.80 Å². The Morgan fingerprint density at radius 1 is 1.23 bits per heavy atom. The van der Waals surface area contributed by atoms with Gasteiger partial charge >= 0.3 is 0 Å². The van der Waals surface area contributed by atoms with E-state index in [0.29, 0.717) is 24.5 Å². The lowest BCUT2D eigenvalue weighted by atomic mass is 10.0. The van der Waals surface area contributed by atoms with Crippen LogP contribution in [0.15, 0.2) is 48.5 Å². The average molecular weight is 480 g/mol. The molecule has 1 heterocycles. The predicted octanol–water partition coefficient (Wildman–Crippen LogP) is 3.32. The van der Waals surface area contributed by atoms with Gasteiger partial charge in [0.1, 0.15) is 11.9 Å². The SMILES string of the molecule is C[C@H](CO)N1C[C@H](C)[C@@H](CN(C)Cc2ccccc2)Oc2ccc(NC(=O)C3CC3)cc2CC1=O. The Morgan fingerprint density at radius 2 is 1.97 bits per heavy atom. The van der Waals surface area contributed by atoms with E-state index < -0.39 is 0 Å². The number of amides is 2. The highest BCUT2D eigenvalue weighted by molar-refractivity contribution is 5.94. The van der Waals surface area contributed by atoms with Crippen LogP contribution in [0.2, 0.25) is 0 Å². The van der Waals surface area contributed by atoms with Gasteiger partial charge in [-0.25, -0.2) is 0 Å². The number of nitrogens with one attached hydrogen (secondary N) is 1. The maximum absolute atomic E-state index is 13.3. The third kappa shape index (κ3) is 6.61. The Hall–Kier alpha value is -2.90. The van der Waals surface area contributed by atoms with E-state index in [-0.39, 0.29) is 48.8 Å². The second-order valence-electron chi connectivity index (χ2n) is 10.2. The van der Waals surface area contributed by atoms with Crippen molar-refractivity contribution in [3.8, 4) is 5.75 Å². The molecule has 7 nitrogen and oxygen atoms in total. The van der Waals surface area contributed by atoms with Gasteiger partial charge in [-0.3, -0.25) is 14.5 Å². The number of ether oxygens (including phenoxy) is 1. The van der Waals surface area contributed by atoms with Gasteiger partial charge in [-0.05, 0) is 50.6 Å². The molecule has 2 amide bonds. The molecular weight excluding hydrogens is 442 g/mol. The number of carbonyl (C=O) groups excluding carboxylic acids is 2. The Labute approximate surface area is 208 Å². The lowest BCUT2D eigenvalue weighted by Gasteiger charge is -2.34. The molecule has 0 radical (unpaired) electrons. The predicted molar refractivity (Wildman–Crippen MR) is 136 cm³/mol. The lowest BCUT2D eigenvalue weighted by Crippen LogP contribution is -2.47. The number of nitrogens with zero attached hydrogens (tertiary/aromatic N) is 2. The number of hydrogen-bond donors (Lipinski definition) is 2. The number of carbonyl (C=O) groups is 2. The molecule has 3 atom stereocenters. The van der Waals surface area contributed by atoms with Crippen LogP contribution in [0.4, 0.5) is 5.69 Å². The molecule has 0 aromatic heterocycles. The molecule has 0 unspecified atom stereocenters. The van der Waals surface area contributed by atoms with Crippen molar-refractivity contribution in [1.29, 1.82) is 0 Å². The molecule has 4 rings (SSSR count). The summed E-state index contributed by atoms with van der Waals surface area (Å²) < 4.78 is 6.57. The first-order chi connectivity index (χ1) is 16.8. The second kappa shape index (κ2) is 11.2. The first kappa shape index (κ1) is 25.2. The van der Waals surface area contributed by atoms with Gasteiger partial charge in [0.2, 0.25) is 11.8 Å². The van der Waals surface area contributed by atoms with Crippen LogP contribution in [0.1, 0.15) is 37.8 Å².